The third-order valence-corrected chi connectivity index (χ3v) is 6.08. The van der Waals surface area contributed by atoms with E-state index in [0.29, 0.717) is 12.5 Å². The molecule has 0 saturated carbocycles. The van der Waals surface area contributed by atoms with Crippen LogP contribution in [0.3, 0.4) is 0 Å². The van der Waals surface area contributed by atoms with Crippen molar-refractivity contribution in [1.82, 2.24) is 15.1 Å². The fourth-order valence-electron chi connectivity index (χ4n) is 4.46. The molecule has 2 saturated heterocycles. The summed E-state index contributed by atoms with van der Waals surface area (Å²) in [5.41, 5.74) is 1.42. The highest BCUT2D eigenvalue weighted by Crippen LogP contribution is 2.28. The third kappa shape index (κ3) is 5.05. The highest BCUT2D eigenvalue weighted by atomic mass is 16.5. The second-order valence-electron chi connectivity index (χ2n) is 8.15. The van der Waals surface area contributed by atoms with Gasteiger partial charge in [0.15, 0.2) is 5.96 Å². The van der Waals surface area contributed by atoms with Crippen molar-refractivity contribution in [2.75, 3.05) is 52.5 Å². The van der Waals surface area contributed by atoms with Crippen LogP contribution in [0.1, 0.15) is 42.4 Å². The first-order valence-corrected chi connectivity index (χ1v) is 11.2. The first-order chi connectivity index (χ1) is 14.7. The van der Waals surface area contributed by atoms with Crippen LogP contribution in [0.2, 0.25) is 0 Å². The van der Waals surface area contributed by atoms with Crippen molar-refractivity contribution in [3.8, 4) is 0 Å². The van der Waals surface area contributed by atoms with Gasteiger partial charge in [-0.05, 0) is 38.0 Å². The maximum absolute atomic E-state index is 6.01. The van der Waals surface area contributed by atoms with Crippen LogP contribution in [0.15, 0.2) is 51.9 Å². The van der Waals surface area contributed by atoms with Crippen LogP contribution in [0.25, 0.3) is 0 Å². The molecule has 4 rings (SSSR count). The Labute approximate surface area is 179 Å². The first kappa shape index (κ1) is 20.9. The molecule has 1 aromatic heterocycles. The molecule has 0 bridgehead atoms. The lowest BCUT2D eigenvalue weighted by atomic mass is 9.99. The number of likely N-dealkylation sites (tertiary alicyclic amines) is 1. The van der Waals surface area contributed by atoms with Gasteiger partial charge in [-0.2, -0.15) is 0 Å². The number of hydrogen-bond donors (Lipinski definition) is 1. The Morgan fingerprint density at radius 2 is 1.93 bits per heavy atom. The zero-order valence-corrected chi connectivity index (χ0v) is 18.2. The van der Waals surface area contributed by atoms with Gasteiger partial charge in [-0.25, -0.2) is 0 Å². The standard InChI is InChI=1S/C24H34N4O2/c1-3-25-24(28-12-11-21(18-28)20-7-5-4-6-8-20)26-17-22(23-10-9-19(2)30-23)27-13-15-29-16-14-27/h4-10,21-22H,3,11-18H2,1-2H3,(H,25,26). The number of aryl methyl sites for hydroxylation is 1. The molecule has 1 aromatic carbocycles. The van der Waals surface area contributed by atoms with Gasteiger partial charge >= 0.3 is 0 Å². The van der Waals surface area contributed by atoms with Crippen molar-refractivity contribution in [3.63, 3.8) is 0 Å². The maximum atomic E-state index is 6.01. The molecule has 2 aromatic rings. The topological polar surface area (TPSA) is 53.2 Å². The molecule has 0 amide bonds. The zero-order chi connectivity index (χ0) is 20.8. The van der Waals surface area contributed by atoms with Crippen LogP contribution in [0.5, 0.6) is 0 Å². The van der Waals surface area contributed by atoms with E-state index in [1.165, 1.54) is 12.0 Å². The molecule has 1 N–H and O–H groups in total. The summed E-state index contributed by atoms with van der Waals surface area (Å²) < 4.78 is 11.6. The summed E-state index contributed by atoms with van der Waals surface area (Å²) in [6.07, 6.45) is 1.17. The molecular formula is C24H34N4O2. The van der Waals surface area contributed by atoms with Gasteiger partial charge in [0.05, 0.1) is 25.8 Å². The summed E-state index contributed by atoms with van der Waals surface area (Å²) in [4.78, 5) is 9.92. The van der Waals surface area contributed by atoms with Gasteiger partial charge in [0.1, 0.15) is 11.5 Å². The van der Waals surface area contributed by atoms with Crippen molar-refractivity contribution in [1.29, 1.82) is 0 Å². The van der Waals surface area contributed by atoms with Crippen LogP contribution >= 0.6 is 0 Å². The smallest absolute Gasteiger partial charge is 0.194 e. The predicted molar refractivity (Wildman–Crippen MR) is 120 cm³/mol. The average molecular weight is 411 g/mol. The highest BCUT2D eigenvalue weighted by molar-refractivity contribution is 5.80. The SMILES string of the molecule is CCNC(=NCC(c1ccc(C)o1)N1CCOCC1)N1CCC(c2ccccc2)C1. The van der Waals surface area contributed by atoms with Crippen molar-refractivity contribution in [3.05, 3.63) is 59.5 Å². The first-order valence-electron chi connectivity index (χ1n) is 11.2. The second-order valence-corrected chi connectivity index (χ2v) is 8.15. The average Bonchev–Trinajstić information content (AvgIpc) is 3.44. The quantitative estimate of drug-likeness (QED) is 0.584. The number of rotatable bonds is 6. The normalized spacial score (nSPS) is 21.7. The van der Waals surface area contributed by atoms with E-state index in [1.807, 2.05) is 13.0 Å². The van der Waals surface area contributed by atoms with E-state index >= 15 is 0 Å². The van der Waals surface area contributed by atoms with Crippen LogP contribution in [-0.4, -0.2) is 68.2 Å². The number of furan rings is 1. The van der Waals surface area contributed by atoms with Gasteiger partial charge in [-0.3, -0.25) is 9.89 Å². The lowest BCUT2D eigenvalue weighted by molar-refractivity contribution is 0.0135. The van der Waals surface area contributed by atoms with Crippen molar-refractivity contribution in [2.45, 2.75) is 32.2 Å². The fourth-order valence-corrected chi connectivity index (χ4v) is 4.46. The number of ether oxygens (including phenoxy) is 1. The molecule has 2 atom stereocenters. The lowest BCUT2D eigenvalue weighted by Gasteiger charge is -2.33. The molecule has 2 aliphatic rings. The Bertz CT molecular complexity index is 814. The largest absolute Gasteiger partial charge is 0.465 e. The van der Waals surface area contributed by atoms with Crippen molar-refractivity contribution in [2.24, 2.45) is 4.99 Å². The molecule has 0 radical (unpaired) electrons. The Morgan fingerprint density at radius 1 is 1.13 bits per heavy atom. The minimum atomic E-state index is 0.142. The van der Waals surface area contributed by atoms with Crippen LogP contribution in [0.4, 0.5) is 0 Å². The van der Waals surface area contributed by atoms with E-state index in [9.17, 15) is 0 Å². The number of guanidine groups is 1. The van der Waals surface area contributed by atoms with E-state index in [2.05, 4.69) is 58.4 Å². The molecule has 2 fully saturated rings. The summed E-state index contributed by atoms with van der Waals surface area (Å²) in [7, 11) is 0. The van der Waals surface area contributed by atoms with E-state index < -0.39 is 0 Å². The molecule has 2 aliphatic heterocycles. The summed E-state index contributed by atoms with van der Waals surface area (Å²) in [5, 5.41) is 3.51. The lowest BCUT2D eigenvalue weighted by Crippen LogP contribution is -2.42. The summed E-state index contributed by atoms with van der Waals surface area (Å²) >= 11 is 0. The molecule has 30 heavy (non-hydrogen) atoms. The number of hydrogen-bond acceptors (Lipinski definition) is 4. The highest BCUT2D eigenvalue weighted by Gasteiger charge is 2.28. The van der Waals surface area contributed by atoms with Gasteiger partial charge in [0.25, 0.3) is 0 Å². The fraction of sp³-hybridized carbons (Fsp3) is 0.542. The van der Waals surface area contributed by atoms with Gasteiger partial charge in [-0.1, -0.05) is 30.3 Å². The van der Waals surface area contributed by atoms with Crippen molar-refractivity contribution < 1.29 is 9.15 Å². The minimum absolute atomic E-state index is 0.142. The number of nitrogens with one attached hydrogen (secondary N) is 1. The Balaban J connectivity index is 1.48. The Morgan fingerprint density at radius 3 is 2.63 bits per heavy atom. The number of nitrogens with zero attached hydrogens (tertiary/aromatic N) is 3. The Hall–Kier alpha value is -2.31. The number of morpholine rings is 1. The monoisotopic (exact) mass is 410 g/mol. The number of aliphatic imine (C=N–C) groups is 1. The van der Waals surface area contributed by atoms with Gasteiger partial charge in [-0.15, -0.1) is 0 Å². The van der Waals surface area contributed by atoms with Crippen LogP contribution in [-0.2, 0) is 4.74 Å². The maximum Gasteiger partial charge on any atom is 0.194 e. The molecular weight excluding hydrogens is 376 g/mol. The second kappa shape index (κ2) is 10.1. The summed E-state index contributed by atoms with van der Waals surface area (Å²) in [6, 6.07) is 15.1. The van der Waals surface area contributed by atoms with Crippen LogP contribution in [0, 0.1) is 6.92 Å². The van der Waals surface area contributed by atoms with E-state index in [4.69, 9.17) is 14.1 Å². The molecule has 162 valence electrons. The van der Waals surface area contributed by atoms with Crippen molar-refractivity contribution >= 4 is 5.96 Å². The van der Waals surface area contributed by atoms with E-state index in [-0.39, 0.29) is 6.04 Å². The van der Waals surface area contributed by atoms with Gasteiger partial charge < -0.3 is 19.4 Å². The van der Waals surface area contributed by atoms with E-state index in [0.717, 1.165) is 63.4 Å². The summed E-state index contributed by atoms with van der Waals surface area (Å²) in [6.45, 7) is 11.1. The van der Waals surface area contributed by atoms with E-state index in [1.54, 1.807) is 0 Å². The molecule has 3 heterocycles. The van der Waals surface area contributed by atoms with Gasteiger partial charge in [0.2, 0.25) is 0 Å². The molecule has 6 heteroatoms. The molecule has 0 spiro atoms. The van der Waals surface area contributed by atoms with Crippen LogP contribution < -0.4 is 5.32 Å². The minimum Gasteiger partial charge on any atom is -0.465 e. The molecule has 2 unspecified atom stereocenters. The van der Waals surface area contributed by atoms with Gasteiger partial charge in [0, 0.05) is 38.6 Å². The zero-order valence-electron chi connectivity index (χ0n) is 18.2. The number of benzene rings is 1. The summed E-state index contributed by atoms with van der Waals surface area (Å²) in [5.74, 6) is 3.53. The Kier molecular flexibility index (Phi) is 7.07. The molecule has 0 aliphatic carbocycles. The predicted octanol–water partition coefficient (Wildman–Crippen LogP) is 3.42. The third-order valence-electron chi connectivity index (χ3n) is 6.08. The molecule has 6 nitrogen and oxygen atoms in total.